The molecule has 0 aromatic heterocycles. The summed E-state index contributed by atoms with van der Waals surface area (Å²) in [6.07, 6.45) is 0.106. The largest absolute Gasteiger partial charge is 0.387 e. The van der Waals surface area contributed by atoms with Crippen molar-refractivity contribution < 1.29 is 5.11 Å². The van der Waals surface area contributed by atoms with Gasteiger partial charge in [0.15, 0.2) is 0 Å². The van der Waals surface area contributed by atoms with Crippen LogP contribution < -0.4 is 0 Å². The van der Waals surface area contributed by atoms with E-state index in [9.17, 15) is 5.11 Å². The fraction of sp³-hybridized carbons (Fsp3) is 0.278. The van der Waals surface area contributed by atoms with Gasteiger partial charge in [0.05, 0.1) is 17.5 Å². The Kier molecular flexibility index (Phi) is 4.70. The van der Waals surface area contributed by atoms with Gasteiger partial charge >= 0.3 is 0 Å². The van der Waals surface area contributed by atoms with Crippen molar-refractivity contribution in [1.82, 2.24) is 0 Å². The lowest BCUT2D eigenvalue weighted by atomic mass is 10.0. The third-order valence-electron chi connectivity index (χ3n) is 3.44. The van der Waals surface area contributed by atoms with Crippen LogP contribution in [0.1, 0.15) is 30.0 Å². The summed E-state index contributed by atoms with van der Waals surface area (Å²) >= 11 is 0. The van der Waals surface area contributed by atoms with Crippen LogP contribution in [0, 0.1) is 13.8 Å². The Morgan fingerprint density at radius 3 is 2.15 bits per heavy atom. The maximum atomic E-state index is 10.3. The van der Waals surface area contributed by atoms with E-state index in [2.05, 4.69) is 0 Å². The Morgan fingerprint density at radius 1 is 1.00 bits per heavy atom. The predicted molar refractivity (Wildman–Crippen MR) is 84.9 cm³/mol. The quantitative estimate of drug-likeness (QED) is 0.827. The molecule has 0 fully saturated rings. The molecule has 20 heavy (non-hydrogen) atoms. The van der Waals surface area contributed by atoms with Gasteiger partial charge in [0.1, 0.15) is 0 Å². The number of hydrogen-bond donors (Lipinski definition) is 1. The number of aliphatic hydroxyl groups is 1. The van der Waals surface area contributed by atoms with Crippen molar-refractivity contribution in [2.75, 3.05) is 0 Å². The molecule has 0 radical (unpaired) electrons. The number of benzene rings is 2. The molecule has 104 valence electrons. The number of para-hydroxylation sites is 1. The minimum Gasteiger partial charge on any atom is -0.387 e. The van der Waals surface area contributed by atoms with Crippen molar-refractivity contribution in [2.45, 2.75) is 33.3 Å². The summed E-state index contributed by atoms with van der Waals surface area (Å²) in [5, 5.41) is 10.3. The van der Waals surface area contributed by atoms with Crippen LogP contribution in [0.5, 0.6) is 0 Å². The van der Waals surface area contributed by atoms with Crippen molar-refractivity contribution >= 4 is 11.4 Å². The molecule has 2 heteroatoms. The Morgan fingerprint density at radius 2 is 1.60 bits per heavy atom. The van der Waals surface area contributed by atoms with Gasteiger partial charge in [0, 0.05) is 0 Å². The standard InChI is InChI=1S/C18H21NO/c1-4-16(20)18(15-11-6-5-7-12-15)19-17-13(2)9-8-10-14(17)3/h5-12,16,20H,4H2,1-3H3. The van der Waals surface area contributed by atoms with Gasteiger partial charge in [-0.3, -0.25) is 0 Å². The summed E-state index contributed by atoms with van der Waals surface area (Å²) in [7, 11) is 0. The van der Waals surface area contributed by atoms with Crippen LogP contribution >= 0.6 is 0 Å². The maximum absolute atomic E-state index is 10.3. The molecule has 0 spiro atoms. The second kappa shape index (κ2) is 6.49. The van der Waals surface area contributed by atoms with E-state index < -0.39 is 6.10 Å². The molecular formula is C18H21NO. The molecule has 2 aromatic rings. The fourth-order valence-corrected chi connectivity index (χ4v) is 2.24. The summed E-state index contributed by atoms with van der Waals surface area (Å²) in [5.74, 6) is 0. The monoisotopic (exact) mass is 267 g/mol. The second-order valence-corrected chi connectivity index (χ2v) is 5.03. The van der Waals surface area contributed by atoms with Gasteiger partial charge in [-0.25, -0.2) is 4.99 Å². The third-order valence-corrected chi connectivity index (χ3v) is 3.44. The Balaban J connectivity index is 2.55. The number of aliphatic imine (C=N–C) groups is 1. The molecule has 0 aliphatic carbocycles. The number of rotatable bonds is 4. The Bertz CT molecular complexity index is 582. The van der Waals surface area contributed by atoms with E-state index >= 15 is 0 Å². The molecule has 2 aromatic carbocycles. The molecule has 1 atom stereocenters. The van der Waals surface area contributed by atoms with Gasteiger partial charge in [0.25, 0.3) is 0 Å². The first-order valence-corrected chi connectivity index (χ1v) is 7.01. The van der Waals surface area contributed by atoms with E-state index in [4.69, 9.17) is 4.99 Å². The minimum atomic E-state index is -0.545. The lowest BCUT2D eigenvalue weighted by Crippen LogP contribution is -2.20. The van der Waals surface area contributed by atoms with E-state index in [-0.39, 0.29) is 0 Å². The highest BCUT2D eigenvalue weighted by Crippen LogP contribution is 2.25. The minimum absolute atomic E-state index is 0.545. The maximum Gasteiger partial charge on any atom is 0.0963 e. The molecule has 2 rings (SSSR count). The molecule has 0 aliphatic rings. The zero-order chi connectivity index (χ0) is 14.5. The molecule has 0 aliphatic heterocycles. The highest BCUT2D eigenvalue weighted by Gasteiger charge is 2.14. The summed E-state index contributed by atoms with van der Waals surface area (Å²) < 4.78 is 0. The topological polar surface area (TPSA) is 32.6 Å². The van der Waals surface area contributed by atoms with Gasteiger partial charge in [-0.05, 0) is 37.0 Å². The van der Waals surface area contributed by atoms with Crippen LogP contribution in [0.4, 0.5) is 5.69 Å². The average Bonchev–Trinajstić information content (AvgIpc) is 2.47. The first-order chi connectivity index (χ1) is 9.63. The van der Waals surface area contributed by atoms with E-state index in [1.54, 1.807) is 0 Å². The molecule has 0 bridgehead atoms. The number of aliphatic hydroxyl groups excluding tert-OH is 1. The lowest BCUT2D eigenvalue weighted by Gasteiger charge is -2.14. The normalized spacial score (nSPS) is 13.3. The van der Waals surface area contributed by atoms with Crippen LogP contribution in [0.3, 0.4) is 0 Å². The first kappa shape index (κ1) is 14.5. The van der Waals surface area contributed by atoms with Crippen LogP contribution in [-0.2, 0) is 0 Å². The molecule has 0 saturated carbocycles. The highest BCUT2D eigenvalue weighted by molar-refractivity contribution is 6.05. The Labute approximate surface area is 120 Å². The molecule has 0 heterocycles. The molecule has 1 unspecified atom stereocenters. The Hall–Kier alpha value is -1.93. The van der Waals surface area contributed by atoms with E-state index in [1.807, 2.05) is 69.3 Å². The molecule has 0 amide bonds. The van der Waals surface area contributed by atoms with Crippen molar-refractivity contribution in [3.05, 3.63) is 65.2 Å². The average molecular weight is 267 g/mol. The molecule has 1 N–H and O–H groups in total. The number of nitrogens with zero attached hydrogens (tertiary/aromatic N) is 1. The van der Waals surface area contributed by atoms with Crippen molar-refractivity contribution in [3.8, 4) is 0 Å². The predicted octanol–water partition coefficient (Wildman–Crippen LogP) is 4.20. The van der Waals surface area contributed by atoms with Crippen molar-refractivity contribution in [1.29, 1.82) is 0 Å². The zero-order valence-corrected chi connectivity index (χ0v) is 12.3. The van der Waals surface area contributed by atoms with E-state index in [0.29, 0.717) is 6.42 Å². The van der Waals surface area contributed by atoms with Crippen LogP contribution in [0.25, 0.3) is 0 Å². The highest BCUT2D eigenvalue weighted by atomic mass is 16.3. The van der Waals surface area contributed by atoms with Gasteiger partial charge in [-0.15, -0.1) is 0 Å². The lowest BCUT2D eigenvalue weighted by molar-refractivity contribution is 0.238. The first-order valence-electron chi connectivity index (χ1n) is 7.01. The van der Waals surface area contributed by atoms with Gasteiger partial charge < -0.3 is 5.11 Å². The SMILES string of the molecule is CCC(O)C(=Nc1c(C)cccc1C)c1ccccc1. The van der Waals surface area contributed by atoms with E-state index in [1.165, 1.54) is 0 Å². The van der Waals surface area contributed by atoms with Crippen molar-refractivity contribution in [3.63, 3.8) is 0 Å². The summed E-state index contributed by atoms with van der Waals surface area (Å²) in [6.45, 7) is 6.06. The van der Waals surface area contributed by atoms with Gasteiger partial charge in [0.2, 0.25) is 0 Å². The van der Waals surface area contributed by atoms with Gasteiger partial charge in [-0.1, -0.05) is 55.5 Å². The number of aryl methyl sites for hydroxylation is 2. The fourth-order valence-electron chi connectivity index (χ4n) is 2.24. The molecule has 0 saturated heterocycles. The number of hydrogen-bond acceptors (Lipinski definition) is 2. The zero-order valence-electron chi connectivity index (χ0n) is 12.3. The van der Waals surface area contributed by atoms with Crippen LogP contribution in [-0.4, -0.2) is 16.9 Å². The molecular weight excluding hydrogens is 246 g/mol. The summed E-state index contributed by atoms with van der Waals surface area (Å²) in [6, 6.07) is 16.0. The van der Waals surface area contributed by atoms with E-state index in [0.717, 1.165) is 28.1 Å². The third kappa shape index (κ3) is 3.14. The van der Waals surface area contributed by atoms with Crippen LogP contribution in [0.2, 0.25) is 0 Å². The summed E-state index contributed by atoms with van der Waals surface area (Å²) in [5.41, 5.74) is 4.93. The second-order valence-electron chi connectivity index (χ2n) is 5.03. The smallest absolute Gasteiger partial charge is 0.0963 e. The molecule has 2 nitrogen and oxygen atoms in total. The summed E-state index contributed by atoms with van der Waals surface area (Å²) in [4.78, 5) is 4.77. The van der Waals surface area contributed by atoms with Crippen molar-refractivity contribution in [2.24, 2.45) is 4.99 Å². The van der Waals surface area contributed by atoms with Gasteiger partial charge in [-0.2, -0.15) is 0 Å². The van der Waals surface area contributed by atoms with Crippen LogP contribution in [0.15, 0.2) is 53.5 Å².